The molecule has 0 spiro atoms. The highest BCUT2D eigenvalue weighted by molar-refractivity contribution is 5.47. The summed E-state index contributed by atoms with van der Waals surface area (Å²) in [6.45, 7) is 8.65. The molecule has 1 aliphatic rings. The Labute approximate surface area is 127 Å². The van der Waals surface area contributed by atoms with Gasteiger partial charge in [0.05, 0.1) is 17.2 Å². The molecule has 1 saturated heterocycles. The first-order valence-corrected chi connectivity index (χ1v) is 7.65. The fourth-order valence-electron chi connectivity index (χ4n) is 2.72. The third kappa shape index (κ3) is 4.44. The van der Waals surface area contributed by atoms with Gasteiger partial charge in [-0.3, -0.25) is 4.90 Å². The molecule has 1 aliphatic heterocycles. The summed E-state index contributed by atoms with van der Waals surface area (Å²) in [5, 5.41) is 9.01. The number of rotatable bonds is 5. The SMILES string of the molecule is CC(C)(C#N)CCCN1CCN(c2ccccc2F)CC1. The molecule has 114 valence electrons. The van der Waals surface area contributed by atoms with Crippen molar-refractivity contribution in [2.24, 2.45) is 5.41 Å². The van der Waals surface area contributed by atoms with Crippen LogP contribution in [0.5, 0.6) is 0 Å². The average Bonchev–Trinajstić information content (AvgIpc) is 2.48. The summed E-state index contributed by atoms with van der Waals surface area (Å²) in [7, 11) is 0. The van der Waals surface area contributed by atoms with E-state index in [0.717, 1.165) is 45.6 Å². The fourth-order valence-corrected chi connectivity index (χ4v) is 2.72. The Kier molecular flexibility index (Phi) is 5.19. The Hall–Kier alpha value is -1.60. The fraction of sp³-hybridized carbons (Fsp3) is 0.588. The lowest BCUT2D eigenvalue weighted by atomic mass is 9.90. The highest BCUT2D eigenvalue weighted by Gasteiger charge is 2.20. The van der Waals surface area contributed by atoms with Crippen LogP contribution in [-0.4, -0.2) is 37.6 Å². The van der Waals surface area contributed by atoms with E-state index < -0.39 is 0 Å². The summed E-state index contributed by atoms with van der Waals surface area (Å²) in [5.41, 5.74) is 0.484. The summed E-state index contributed by atoms with van der Waals surface area (Å²) in [4.78, 5) is 4.52. The minimum Gasteiger partial charge on any atom is -0.367 e. The van der Waals surface area contributed by atoms with Crippen LogP contribution in [0.25, 0.3) is 0 Å². The van der Waals surface area contributed by atoms with Crippen LogP contribution in [0.1, 0.15) is 26.7 Å². The second-order valence-electron chi connectivity index (χ2n) is 6.38. The van der Waals surface area contributed by atoms with Crippen LogP contribution in [0, 0.1) is 22.6 Å². The average molecular weight is 289 g/mol. The van der Waals surface area contributed by atoms with Gasteiger partial charge in [-0.05, 0) is 45.4 Å². The summed E-state index contributed by atoms with van der Waals surface area (Å²) >= 11 is 0. The van der Waals surface area contributed by atoms with Gasteiger partial charge in [0, 0.05) is 26.2 Å². The first-order chi connectivity index (χ1) is 10.0. The molecule has 1 fully saturated rings. The summed E-state index contributed by atoms with van der Waals surface area (Å²) in [6, 6.07) is 9.32. The first-order valence-electron chi connectivity index (χ1n) is 7.65. The predicted octanol–water partition coefficient (Wildman–Crippen LogP) is 3.28. The molecule has 3 nitrogen and oxygen atoms in total. The van der Waals surface area contributed by atoms with Gasteiger partial charge in [0.2, 0.25) is 0 Å². The Morgan fingerprint density at radius 1 is 1.19 bits per heavy atom. The normalized spacial score (nSPS) is 16.8. The van der Waals surface area contributed by atoms with Crippen LogP contribution in [0.2, 0.25) is 0 Å². The standard InChI is InChI=1S/C17H24FN3/c1-17(2,14-19)8-5-9-20-10-12-21(13-11-20)16-7-4-3-6-15(16)18/h3-4,6-7H,5,8-13H2,1-2H3. The number of benzene rings is 1. The van der Waals surface area contributed by atoms with Crippen LogP contribution in [0.15, 0.2) is 24.3 Å². The van der Waals surface area contributed by atoms with Crippen molar-refractivity contribution in [3.05, 3.63) is 30.1 Å². The van der Waals surface area contributed by atoms with Gasteiger partial charge in [0.1, 0.15) is 5.82 Å². The molecule has 0 bridgehead atoms. The molecule has 0 aliphatic carbocycles. The van der Waals surface area contributed by atoms with Gasteiger partial charge in [0.15, 0.2) is 0 Å². The Morgan fingerprint density at radius 2 is 1.86 bits per heavy atom. The maximum atomic E-state index is 13.8. The van der Waals surface area contributed by atoms with Gasteiger partial charge in [-0.1, -0.05) is 12.1 Å². The molecule has 4 heteroatoms. The second-order valence-corrected chi connectivity index (χ2v) is 6.38. The summed E-state index contributed by atoms with van der Waals surface area (Å²) in [6.07, 6.45) is 1.97. The first kappa shape index (κ1) is 15.8. The molecule has 0 N–H and O–H groups in total. The Balaban J connectivity index is 1.77. The van der Waals surface area contributed by atoms with Crippen LogP contribution in [0.4, 0.5) is 10.1 Å². The van der Waals surface area contributed by atoms with Crippen molar-refractivity contribution in [2.75, 3.05) is 37.6 Å². The van der Waals surface area contributed by atoms with Gasteiger partial charge >= 0.3 is 0 Å². The van der Waals surface area contributed by atoms with E-state index in [1.165, 1.54) is 6.07 Å². The van der Waals surface area contributed by atoms with Crippen molar-refractivity contribution in [3.8, 4) is 6.07 Å². The molecule has 0 radical (unpaired) electrons. The molecule has 21 heavy (non-hydrogen) atoms. The molecule has 0 aromatic heterocycles. The molecule has 1 aromatic rings. The van der Waals surface area contributed by atoms with E-state index in [9.17, 15) is 4.39 Å². The zero-order valence-corrected chi connectivity index (χ0v) is 13.0. The Morgan fingerprint density at radius 3 is 2.48 bits per heavy atom. The summed E-state index contributed by atoms with van der Waals surface area (Å²) in [5.74, 6) is -0.137. The van der Waals surface area contributed by atoms with Gasteiger partial charge in [-0.2, -0.15) is 5.26 Å². The van der Waals surface area contributed by atoms with E-state index in [0.29, 0.717) is 5.69 Å². The lowest BCUT2D eigenvalue weighted by Crippen LogP contribution is -2.47. The third-order valence-corrected chi connectivity index (χ3v) is 4.14. The van der Waals surface area contributed by atoms with Crippen molar-refractivity contribution in [1.82, 2.24) is 4.90 Å². The minimum atomic E-state index is -0.227. The number of anilines is 1. The second kappa shape index (κ2) is 6.91. The maximum absolute atomic E-state index is 13.8. The molecule has 1 aromatic carbocycles. The molecule has 0 saturated carbocycles. The molecule has 0 amide bonds. The lowest BCUT2D eigenvalue weighted by molar-refractivity contribution is 0.242. The van der Waals surface area contributed by atoms with E-state index in [1.807, 2.05) is 26.0 Å². The molecular weight excluding hydrogens is 265 g/mol. The van der Waals surface area contributed by atoms with E-state index in [1.54, 1.807) is 6.07 Å². The van der Waals surface area contributed by atoms with E-state index in [2.05, 4.69) is 15.9 Å². The van der Waals surface area contributed by atoms with Gasteiger partial charge in [-0.25, -0.2) is 4.39 Å². The topological polar surface area (TPSA) is 30.3 Å². The van der Waals surface area contributed by atoms with Crippen LogP contribution in [-0.2, 0) is 0 Å². The predicted molar refractivity (Wildman–Crippen MR) is 83.7 cm³/mol. The molecule has 0 unspecified atom stereocenters. The minimum absolute atomic E-state index is 0.137. The number of hydrogen-bond donors (Lipinski definition) is 0. The smallest absolute Gasteiger partial charge is 0.146 e. The highest BCUT2D eigenvalue weighted by atomic mass is 19.1. The maximum Gasteiger partial charge on any atom is 0.146 e. The van der Waals surface area contributed by atoms with E-state index in [4.69, 9.17) is 5.26 Å². The van der Waals surface area contributed by atoms with Crippen LogP contribution in [0.3, 0.4) is 0 Å². The van der Waals surface area contributed by atoms with Crippen LogP contribution < -0.4 is 4.90 Å². The largest absolute Gasteiger partial charge is 0.367 e. The quantitative estimate of drug-likeness (QED) is 0.833. The monoisotopic (exact) mass is 289 g/mol. The number of piperazine rings is 1. The summed E-state index contributed by atoms with van der Waals surface area (Å²) < 4.78 is 13.8. The van der Waals surface area contributed by atoms with Gasteiger partial charge in [0.25, 0.3) is 0 Å². The number of nitrogens with zero attached hydrogens (tertiary/aromatic N) is 3. The van der Waals surface area contributed by atoms with E-state index >= 15 is 0 Å². The third-order valence-electron chi connectivity index (χ3n) is 4.14. The highest BCUT2D eigenvalue weighted by Crippen LogP contribution is 2.22. The van der Waals surface area contributed by atoms with E-state index in [-0.39, 0.29) is 11.2 Å². The number of nitriles is 1. The zero-order chi connectivity index (χ0) is 15.3. The van der Waals surface area contributed by atoms with Crippen molar-refractivity contribution in [1.29, 1.82) is 5.26 Å². The van der Waals surface area contributed by atoms with Crippen molar-refractivity contribution in [2.45, 2.75) is 26.7 Å². The van der Waals surface area contributed by atoms with Gasteiger partial charge < -0.3 is 4.90 Å². The van der Waals surface area contributed by atoms with Crippen molar-refractivity contribution < 1.29 is 4.39 Å². The molecule has 0 atom stereocenters. The van der Waals surface area contributed by atoms with Gasteiger partial charge in [-0.15, -0.1) is 0 Å². The molecule has 2 rings (SSSR count). The molecule has 1 heterocycles. The lowest BCUT2D eigenvalue weighted by Gasteiger charge is -2.36. The van der Waals surface area contributed by atoms with Crippen molar-refractivity contribution >= 4 is 5.69 Å². The van der Waals surface area contributed by atoms with Crippen molar-refractivity contribution in [3.63, 3.8) is 0 Å². The number of halogens is 1. The molecular formula is C17H24FN3. The number of hydrogen-bond acceptors (Lipinski definition) is 3. The van der Waals surface area contributed by atoms with Crippen LogP contribution >= 0.6 is 0 Å². The Bertz CT molecular complexity index is 499. The zero-order valence-electron chi connectivity index (χ0n) is 13.0. The number of para-hydroxylation sites is 1.